The zero-order valence-corrected chi connectivity index (χ0v) is 13.7. The number of nitriles is 1. The van der Waals surface area contributed by atoms with Crippen LogP contribution >= 0.6 is 11.6 Å². The molecule has 2 aromatic carbocycles. The van der Waals surface area contributed by atoms with Gasteiger partial charge in [-0.25, -0.2) is 0 Å². The van der Waals surface area contributed by atoms with Crippen molar-refractivity contribution in [3.05, 3.63) is 64.7 Å². The molecule has 24 heavy (non-hydrogen) atoms. The number of Topliss-reactive ketones (excluding diaryl/α,β-unsaturated/α-hetero) is 1. The number of halogens is 1. The standard InChI is InChI=1S/C18H15ClN2O3/c1-21-18(23)16(10-20)17(22)13-3-2-4-15(9-13)24-11-12-5-7-14(19)8-6-12/h2-9,16H,11H2,1H3,(H,21,23). The SMILES string of the molecule is CNC(=O)C(C#N)C(=O)c1cccc(OCc2ccc(Cl)cc2)c1. The van der Waals surface area contributed by atoms with E-state index in [4.69, 9.17) is 21.6 Å². The van der Waals surface area contributed by atoms with Crippen LogP contribution in [0.15, 0.2) is 48.5 Å². The Bertz CT molecular complexity index is 782. The lowest BCUT2D eigenvalue weighted by molar-refractivity contribution is -0.121. The van der Waals surface area contributed by atoms with E-state index >= 15 is 0 Å². The average Bonchev–Trinajstić information content (AvgIpc) is 2.61. The van der Waals surface area contributed by atoms with Crippen LogP contribution in [0, 0.1) is 17.2 Å². The van der Waals surface area contributed by atoms with Gasteiger partial charge in [0, 0.05) is 17.6 Å². The lowest BCUT2D eigenvalue weighted by atomic mass is 9.98. The molecule has 0 radical (unpaired) electrons. The van der Waals surface area contributed by atoms with E-state index < -0.39 is 17.6 Å². The van der Waals surface area contributed by atoms with Crippen LogP contribution in [0.25, 0.3) is 0 Å². The van der Waals surface area contributed by atoms with Gasteiger partial charge in [0.2, 0.25) is 5.91 Å². The van der Waals surface area contributed by atoms with Crippen molar-refractivity contribution >= 4 is 23.3 Å². The van der Waals surface area contributed by atoms with Crippen molar-refractivity contribution in [2.45, 2.75) is 6.61 Å². The molecule has 122 valence electrons. The highest BCUT2D eigenvalue weighted by atomic mass is 35.5. The van der Waals surface area contributed by atoms with Crippen molar-refractivity contribution in [2.24, 2.45) is 5.92 Å². The molecule has 0 aliphatic carbocycles. The number of carbonyl (C=O) groups excluding carboxylic acids is 2. The second kappa shape index (κ2) is 8.14. The maximum absolute atomic E-state index is 12.3. The van der Waals surface area contributed by atoms with Gasteiger partial charge in [0.05, 0.1) is 6.07 Å². The van der Waals surface area contributed by atoms with Gasteiger partial charge in [-0.3, -0.25) is 9.59 Å². The van der Waals surface area contributed by atoms with E-state index in [1.54, 1.807) is 36.4 Å². The topological polar surface area (TPSA) is 79.2 Å². The molecule has 6 heteroatoms. The lowest BCUT2D eigenvalue weighted by Crippen LogP contribution is -2.32. The number of nitrogens with one attached hydrogen (secondary N) is 1. The Kier molecular flexibility index (Phi) is 5.94. The Labute approximate surface area is 144 Å². The van der Waals surface area contributed by atoms with E-state index in [9.17, 15) is 9.59 Å². The summed E-state index contributed by atoms with van der Waals surface area (Å²) in [6.45, 7) is 0.311. The first kappa shape index (κ1) is 17.5. The summed E-state index contributed by atoms with van der Waals surface area (Å²) < 4.78 is 5.64. The quantitative estimate of drug-likeness (QED) is 0.646. The fourth-order valence-electron chi connectivity index (χ4n) is 2.03. The molecule has 0 heterocycles. The maximum atomic E-state index is 12.3. The fourth-order valence-corrected chi connectivity index (χ4v) is 2.16. The Morgan fingerprint density at radius 3 is 2.58 bits per heavy atom. The lowest BCUT2D eigenvalue weighted by Gasteiger charge is -2.10. The highest BCUT2D eigenvalue weighted by Crippen LogP contribution is 2.18. The second-order valence-electron chi connectivity index (χ2n) is 4.98. The number of ether oxygens (including phenoxy) is 1. The van der Waals surface area contributed by atoms with Crippen molar-refractivity contribution < 1.29 is 14.3 Å². The Morgan fingerprint density at radius 2 is 1.96 bits per heavy atom. The van der Waals surface area contributed by atoms with Crippen molar-refractivity contribution in [1.29, 1.82) is 5.26 Å². The molecule has 0 saturated heterocycles. The molecule has 2 rings (SSSR count). The zero-order valence-electron chi connectivity index (χ0n) is 13.0. The van der Waals surface area contributed by atoms with Gasteiger partial charge in [-0.15, -0.1) is 0 Å². The Morgan fingerprint density at radius 1 is 1.25 bits per heavy atom. The number of nitrogens with zero attached hydrogens (tertiary/aromatic N) is 1. The number of carbonyl (C=O) groups is 2. The predicted molar refractivity (Wildman–Crippen MR) is 89.7 cm³/mol. The number of rotatable bonds is 6. The molecule has 0 spiro atoms. The van der Waals surface area contributed by atoms with Crippen LogP contribution in [0.1, 0.15) is 15.9 Å². The first-order valence-electron chi connectivity index (χ1n) is 7.18. The summed E-state index contributed by atoms with van der Waals surface area (Å²) in [5, 5.41) is 12.0. The minimum atomic E-state index is -1.37. The number of hydrogen-bond donors (Lipinski definition) is 1. The molecule has 0 fully saturated rings. The van der Waals surface area contributed by atoms with Gasteiger partial charge in [0.1, 0.15) is 12.4 Å². The van der Waals surface area contributed by atoms with Crippen LogP contribution in [-0.4, -0.2) is 18.7 Å². The summed E-state index contributed by atoms with van der Waals surface area (Å²) in [5.74, 6) is -2.09. The van der Waals surface area contributed by atoms with Gasteiger partial charge >= 0.3 is 0 Å². The van der Waals surface area contributed by atoms with E-state index in [0.717, 1.165) is 5.56 Å². The highest BCUT2D eigenvalue weighted by Gasteiger charge is 2.26. The minimum absolute atomic E-state index is 0.249. The maximum Gasteiger partial charge on any atom is 0.245 e. The molecule has 5 nitrogen and oxygen atoms in total. The van der Waals surface area contributed by atoms with Crippen LogP contribution < -0.4 is 10.1 Å². The molecule has 0 bridgehead atoms. The van der Waals surface area contributed by atoms with Gasteiger partial charge in [0.15, 0.2) is 11.7 Å². The molecular weight excluding hydrogens is 328 g/mol. The molecule has 0 aliphatic heterocycles. The van der Waals surface area contributed by atoms with Gasteiger partial charge < -0.3 is 10.1 Å². The van der Waals surface area contributed by atoms with Crippen molar-refractivity contribution in [3.8, 4) is 11.8 Å². The predicted octanol–water partition coefficient (Wildman–Crippen LogP) is 2.99. The van der Waals surface area contributed by atoms with E-state index in [1.165, 1.54) is 13.1 Å². The van der Waals surface area contributed by atoms with Crippen LogP contribution in [0.5, 0.6) is 5.75 Å². The van der Waals surface area contributed by atoms with Crippen molar-refractivity contribution in [2.75, 3.05) is 7.05 Å². The molecule has 0 aliphatic rings. The van der Waals surface area contributed by atoms with Crippen LogP contribution in [0.4, 0.5) is 0 Å². The van der Waals surface area contributed by atoms with Gasteiger partial charge in [-0.2, -0.15) is 5.26 Å². The number of benzene rings is 2. The molecule has 1 unspecified atom stereocenters. The Hall–Kier alpha value is -2.84. The first-order chi connectivity index (χ1) is 11.5. The highest BCUT2D eigenvalue weighted by molar-refractivity contribution is 6.30. The fraction of sp³-hybridized carbons (Fsp3) is 0.167. The van der Waals surface area contributed by atoms with Gasteiger partial charge in [0.25, 0.3) is 0 Å². The van der Waals surface area contributed by atoms with Crippen LogP contribution in [0.3, 0.4) is 0 Å². The van der Waals surface area contributed by atoms with Crippen molar-refractivity contribution in [1.82, 2.24) is 5.32 Å². The van der Waals surface area contributed by atoms with E-state index in [-0.39, 0.29) is 5.56 Å². The third-order valence-corrected chi connectivity index (χ3v) is 3.59. The Balaban J connectivity index is 2.10. The number of amides is 1. The molecule has 0 saturated carbocycles. The molecule has 0 aromatic heterocycles. The summed E-state index contributed by atoms with van der Waals surface area (Å²) in [4.78, 5) is 23.9. The van der Waals surface area contributed by atoms with E-state index in [0.29, 0.717) is 17.4 Å². The average molecular weight is 343 g/mol. The molecule has 2 aromatic rings. The zero-order chi connectivity index (χ0) is 17.5. The third kappa shape index (κ3) is 4.34. The summed E-state index contributed by atoms with van der Waals surface area (Å²) in [6, 6.07) is 15.3. The van der Waals surface area contributed by atoms with Crippen molar-refractivity contribution in [3.63, 3.8) is 0 Å². The first-order valence-corrected chi connectivity index (χ1v) is 7.55. The third-order valence-electron chi connectivity index (χ3n) is 3.34. The number of hydrogen-bond acceptors (Lipinski definition) is 4. The van der Waals surface area contributed by atoms with Gasteiger partial charge in [-0.05, 0) is 29.8 Å². The molecule has 1 amide bonds. The number of ketones is 1. The molecular formula is C18H15ClN2O3. The second-order valence-corrected chi connectivity index (χ2v) is 5.42. The molecule has 1 atom stereocenters. The summed E-state index contributed by atoms with van der Waals surface area (Å²) in [5.41, 5.74) is 1.18. The summed E-state index contributed by atoms with van der Waals surface area (Å²) in [7, 11) is 1.38. The van der Waals surface area contributed by atoms with E-state index in [1.807, 2.05) is 12.1 Å². The molecule has 1 N–H and O–H groups in total. The minimum Gasteiger partial charge on any atom is -0.489 e. The largest absolute Gasteiger partial charge is 0.489 e. The van der Waals surface area contributed by atoms with Gasteiger partial charge in [-0.1, -0.05) is 35.9 Å². The normalized spacial score (nSPS) is 11.2. The summed E-state index contributed by atoms with van der Waals surface area (Å²) >= 11 is 5.83. The van der Waals surface area contributed by atoms with Crippen LogP contribution in [-0.2, 0) is 11.4 Å². The summed E-state index contributed by atoms with van der Waals surface area (Å²) in [6.07, 6.45) is 0. The monoisotopic (exact) mass is 342 g/mol. The van der Waals surface area contributed by atoms with Crippen LogP contribution in [0.2, 0.25) is 5.02 Å². The smallest absolute Gasteiger partial charge is 0.245 e. The van der Waals surface area contributed by atoms with E-state index in [2.05, 4.69) is 5.32 Å².